The van der Waals surface area contributed by atoms with Gasteiger partial charge in [0.2, 0.25) is 0 Å². The lowest BCUT2D eigenvalue weighted by molar-refractivity contribution is 0.828. The first-order chi connectivity index (χ1) is 11.9. The number of benzene rings is 2. The van der Waals surface area contributed by atoms with Crippen molar-refractivity contribution >= 4 is 17.9 Å². The number of fused-ring (bicyclic) bond motifs is 1. The summed E-state index contributed by atoms with van der Waals surface area (Å²) in [5.41, 5.74) is 5.55. The van der Waals surface area contributed by atoms with E-state index >= 15 is 0 Å². The van der Waals surface area contributed by atoms with Gasteiger partial charge in [0, 0.05) is 5.56 Å². The number of nitrogens with zero attached hydrogens (tertiary/aromatic N) is 6. The third-order valence-corrected chi connectivity index (χ3v) is 3.35. The molecule has 1 N–H and O–H groups in total. The first-order valence-electron chi connectivity index (χ1n) is 7.38. The molecule has 2 heterocycles. The van der Waals surface area contributed by atoms with Crippen molar-refractivity contribution in [2.45, 2.75) is 0 Å². The van der Waals surface area contributed by atoms with Crippen molar-refractivity contribution in [1.82, 2.24) is 24.8 Å². The van der Waals surface area contributed by atoms with Crippen LogP contribution in [0, 0.1) is 0 Å². The molecule has 0 atom stereocenters. The average Bonchev–Trinajstić information content (AvgIpc) is 3.07. The minimum atomic E-state index is 0.298. The van der Waals surface area contributed by atoms with Crippen LogP contribution in [0.1, 0.15) is 5.56 Å². The number of rotatable bonds is 4. The number of anilines is 1. The number of hydrogen-bond acceptors (Lipinski definition) is 6. The minimum absolute atomic E-state index is 0.298. The monoisotopic (exact) mass is 315 g/mol. The molecule has 0 saturated heterocycles. The Balaban J connectivity index is 1.56. The zero-order valence-electron chi connectivity index (χ0n) is 12.6. The first kappa shape index (κ1) is 14.0. The van der Waals surface area contributed by atoms with E-state index in [-0.39, 0.29) is 0 Å². The summed E-state index contributed by atoms with van der Waals surface area (Å²) in [6.07, 6.45) is 3.50. The fourth-order valence-corrected chi connectivity index (χ4v) is 2.21. The maximum Gasteiger partial charge on any atom is 0.280 e. The summed E-state index contributed by atoms with van der Waals surface area (Å²) in [5, 5.41) is 16.4. The molecular formula is C17H13N7. The van der Waals surface area contributed by atoms with Gasteiger partial charge >= 0.3 is 0 Å². The fraction of sp³-hybridized carbons (Fsp3) is 0. The molecule has 0 saturated carbocycles. The Hall–Kier alpha value is -3.61. The van der Waals surface area contributed by atoms with Gasteiger partial charge < -0.3 is 0 Å². The maximum atomic E-state index is 4.41. The molecule has 2 aromatic carbocycles. The minimum Gasteiger partial charge on any atom is -0.243 e. The van der Waals surface area contributed by atoms with E-state index in [1.165, 1.54) is 0 Å². The molecule has 0 radical (unpaired) electrons. The number of hydrazone groups is 1. The van der Waals surface area contributed by atoms with Crippen LogP contribution >= 0.6 is 0 Å². The number of nitrogens with one attached hydrogen (secondary N) is 1. The van der Waals surface area contributed by atoms with Crippen LogP contribution in [0.4, 0.5) is 5.95 Å². The summed E-state index contributed by atoms with van der Waals surface area (Å²) in [7, 11) is 0. The Bertz CT molecular complexity index is 978. The van der Waals surface area contributed by atoms with E-state index in [1.54, 1.807) is 10.7 Å². The third kappa shape index (κ3) is 2.95. The lowest BCUT2D eigenvalue weighted by Gasteiger charge is -1.97. The van der Waals surface area contributed by atoms with Gasteiger partial charge in [-0.2, -0.15) is 9.62 Å². The Kier molecular flexibility index (Phi) is 3.65. The molecule has 0 unspecified atom stereocenters. The normalized spacial score (nSPS) is 11.2. The van der Waals surface area contributed by atoms with Gasteiger partial charge in [0.05, 0.1) is 18.1 Å². The van der Waals surface area contributed by atoms with Gasteiger partial charge in [0.25, 0.3) is 11.7 Å². The zero-order valence-corrected chi connectivity index (χ0v) is 12.6. The molecular weight excluding hydrogens is 302 g/mol. The lowest BCUT2D eigenvalue weighted by Crippen LogP contribution is -2.03. The molecule has 0 aliphatic carbocycles. The molecule has 0 aliphatic heterocycles. The van der Waals surface area contributed by atoms with E-state index in [0.717, 1.165) is 16.8 Å². The summed E-state index contributed by atoms with van der Waals surface area (Å²) in [4.78, 5) is 4.41. The van der Waals surface area contributed by atoms with Gasteiger partial charge in [0.1, 0.15) is 0 Å². The van der Waals surface area contributed by atoms with Crippen molar-refractivity contribution in [3.05, 3.63) is 72.4 Å². The first-order valence-corrected chi connectivity index (χ1v) is 7.38. The smallest absolute Gasteiger partial charge is 0.243 e. The average molecular weight is 315 g/mol. The summed E-state index contributed by atoms with van der Waals surface area (Å²) in [5.74, 6) is 0.734. The molecule has 0 aliphatic rings. The predicted molar refractivity (Wildman–Crippen MR) is 91.7 cm³/mol. The highest BCUT2D eigenvalue weighted by atomic mass is 15.5. The second-order valence-electron chi connectivity index (χ2n) is 5.04. The number of aromatic nitrogens is 5. The van der Waals surface area contributed by atoms with Crippen molar-refractivity contribution in [2.75, 3.05) is 5.43 Å². The summed E-state index contributed by atoms with van der Waals surface area (Å²) < 4.78 is 1.58. The largest absolute Gasteiger partial charge is 0.280 e. The van der Waals surface area contributed by atoms with Gasteiger partial charge in [-0.1, -0.05) is 60.7 Å². The van der Waals surface area contributed by atoms with Crippen LogP contribution < -0.4 is 5.43 Å². The highest BCUT2D eigenvalue weighted by molar-refractivity contribution is 5.79. The van der Waals surface area contributed by atoms with Crippen LogP contribution in [-0.2, 0) is 0 Å². The topological polar surface area (TPSA) is 80.4 Å². The lowest BCUT2D eigenvalue weighted by atomic mass is 10.2. The highest BCUT2D eigenvalue weighted by Crippen LogP contribution is 2.17. The summed E-state index contributed by atoms with van der Waals surface area (Å²) >= 11 is 0. The molecule has 24 heavy (non-hydrogen) atoms. The quantitative estimate of drug-likeness (QED) is 0.462. The molecule has 0 fully saturated rings. The molecule has 4 aromatic rings. The molecule has 4 rings (SSSR count). The van der Waals surface area contributed by atoms with Crippen molar-refractivity contribution in [3.63, 3.8) is 0 Å². The van der Waals surface area contributed by atoms with Crippen LogP contribution in [0.5, 0.6) is 0 Å². The van der Waals surface area contributed by atoms with Crippen molar-refractivity contribution < 1.29 is 0 Å². The van der Waals surface area contributed by atoms with Crippen LogP contribution in [0.3, 0.4) is 0 Å². The Morgan fingerprint density at radius 1 is 0.917 bits per heavy atom. The summed E-state index contributed by atoms with van der Waals surface area (Å²) in [6.45, 7) is 0. The molecule has 7 heteroatoms. The molecule has 2 aromatic heterocycles. The molecule has 0 amide bonds. The van der Waals surface area contributed by atoms with Crippen LogP contribution in [0.15, 0.2) is 72.0 Å². The fourth-order valence-electron chi connectivity index (χ4n) is 2.21. The second kappa shape index (κ2) is 6.25. The van der Waals surface area contributed by atoms with Gasteiger partial charge in [-0.25, -0.2) is 10.4 Å². The van der Waals surface area contributed by atoms with E-state index < -0.39 is 0 Å². The van der Waals surface area contributed by atoms with E-state index in [0.29, 0.717) is 11.7 Å². The van der Waals surface area contributed by atoms with Crippen molar-refractivity contribution in [2.24, 2.45) is 5.10 Å². The number of hydrogen-bond donors (Lipinski definition) is 1. The van der Waals surface area contributed by atoms with Crippen molar-refractivity contribution in [3.8, 4) is 11.3 Å². The van der Waals surface area contributed by atoms with Crippen LogP contribution in [0.2, 0.25) is 0 Å². The van der Waals surface area contributed by atoms with E-state index in [4.69, 9.17) is 0 Å². The van der Waals surface area contributed by atoms with Gasteiger partial charge in [-0.3, -0.25) is 0 Å². The number of imidazole rings is 1. The van der Waals surface area contributed by atoms with Gasteiger partial charge in [-0.05, 0) is 5.56 Å². The van der Waals surface area contributed by atoms with Crippen LogP contribution in [-0.4, -0.2) is 31.0 Å². The van der Waals surface area contributed by atoms with E-state index in [2.05, 4.69) is 30.8 Å². The van der Waals surface area contributed by atoms with Gasteiger partial charge in [0.15, 0.2) is 0 Å². The predicted octanol–water partition coefficient (Wildman–Crippen LogP) is 2.63. The molecule has 0 bridgehead atoms. The van der Waals surface area contributed by atoms with Gasteiger partial charge in [-0.15, -0.1) is 15.3 Å². The third-order valence-electron chi connectivity index (χ3n) is 3.35. The molecule has 7 nitrogen and oxygen atoms in total. The Labute approximate surface area is 137 Å². The van der Waals surface area contributed by atoms with Crippen molar-refractivity contribution in [1.29, 1.82) is 0 Å². The SMILES string of the molecule is C(=NNc1nnc2nc(-c3ccccc3)cn2n1)c1ccccc1. The highest BCUT2D eigenvalue weighted by Gasteiger charge is 2.07. The molecule has 116 valence electrons. The van der Waals surface area contributed by atoms with Crippen LogP contribution in [0.25, 0.3) is 17.0 Å². The van der Waals surface area contributed by atoms with E-state index in [9.17, 15) is 0 Å². The zero-order chi connectivity index (χ0) is 16.2. The standard InChI is InChI=1S/C17H13N7/c1-3-7-13(8-4-1)11-18-20-16-21-22-17-19-15(12-24(17)23-16)14-9-5-2-6-10-14/h1-12H,(H,20,23). The van der Waals surface area contributed by atoms with E-state index in [1.807, 2.05) is 66.9 Å². The summed E-state index contributed by atoms with van der Waals surface area (Å²) in [6, 6.07) is 19.6. The second-order valence-corrected chi connectivity index (χ2v) is 5.04. The Morgan fingerprint density at radius 2 is 1.67 bits per heavy atom. The molecule has 0 spiro atoms. The Morgan fingerprint density at radius 3 is 2.46 bits per heavy atom. The maximum absolute atomic E-state index is 4.41.